The van der Waals surface area contributed by atoms with Crippen molar-refractivity contribution in [3.63, 3.8) is 0 Å². The molecule has 2 N–H and O–H groups in total. The highest BCUT2D eigenvalue weighted by molar-refractivity contribution is 5.99. The summed E-state index contributed by atoms with van der Waals surface area (Å²) >= 11 is 0. The first kappa shape index (κ1) is 6.88. The van der Waals surface area contributed by atoms with Crippen molar-refractivity contribution >= 4 is 18.5 Å². The van der Waals surface area contributed by atoms with E-state index in [1.165, 1.54) is 0 Å². The average Bonchev–Trinajstić information content (AvgIpc) is 1.88. The molecule has 2 unspecified atom stereocenters. The van der Waals surface area contributed by atoms with Gasteiger partial charge in [0, 0.05) is 0 Å². The molecule has 54 valence electrons. The lowest BCUT2D eigenvalue weighted by atomic mass is 10.1. The van der Waals surface area contributed by atoms with Crippen LogP contribution in [0, 0.1) is 5.92 Å². The van der Waals surface area contributed by atoms with E-state index < -0.39 is 18.1 Å². The smallest absolute Gasteiger partial charge is 0.240 e. The summed E-state index contributed by atoms with van der Waals surface area (Å²) in [5, 5.41) is 11.0. The van der Waals surface area contributed by atoms with Crippen LogP contribution in [0.2, 0.25) is 0 Å². The Morgan fingerprint density at radius 3 is 2.90 bits per heavy atom. The fourth-order valence-electron chi connectivity index (χ4n) is 0.634. The molecule has 0 spiro atoms. The molecule has 0 aromatic rings. The zero-order valence-corrected chi connectivity index (χ0v) is 5.02. The van der Waals surface area contributed by atoms with Gasteiger partial charge in [-0.1, -0.05) is 0 Å². The third kappa shape index (κ3) is 1.03. The monoisotopic (exact) mass is 142 g/mol. The normalized spacial score (nSPS) is 31.5. The summed E-state index contributed by atoms with van der Waals surface area (Å²) in [6, 6.07) is 0. The molecule has 5 heteroatoms. The summed E-state index contributed by atoms with van der Waals surface area (Å²) in [4.78, 5) is 24.1. The second-order valence-corrected chi connectivity index (χ2v) is 1.86. The quantitative estimate of drug-likeness (QED) is 0.337. The molecule has 0 bridgehead atoms. The number of aldehydes is 1. The molecule has 0 aliphatic carbocycles. The number of aliphatic hydroxyl groups excluding tert-OH is 1. The molecular weight excluding hydrogens is 136 g/mol. The zero-order chi connectivity index (χ0) is 7.56. The third-order valence-corrected chi connectivity index (χ3v) is 1.20. The largest absolute Gasteiger partial charge is 0.370 e. The molecule has 1 aliphatic heterocycles. The van der Waals surface area contributed by atoms with Crippen LogP contribution >= 0.6 is 0 Å². The SMILES string of the molecule is O=CC1C(=O)NC=NC1O. The molecular formula is C5H6N2O3. The first-order valence-electron chi connectivity index (χ1n) is 2.71. The average molecular weight is 142 g/mol. The van der Waals surface area contributed by atoms with Gasteiger partial charge in [-0.05, 0) is 0 Å². The van der Waals surface area contributed by atoms with E-state index in [4.69, 9.17) is 5.11 Å². The van der Waals surface area contributed by atoms with Crippen molar-refractivity contribution in [2.75, 3.05) is 0 Å². The number of amides is 1. The van der Waals surface area contributed by atoms with Crippen LogP contribution in [0.5, 0.6) is 0 Å². The van der Waals surface area contributed by atoms with Crippen LogP contribution in [0.1, 0.15) is 0 Å². The van der Waals surface area contributed by atoms with Gasteiger partial charge in [0.05, 0.1) is 6.34 Å². The van der Waals surface area contributed by atoms with Crippen molar-refractivity contribution in [2.45, 2.75) is 6.23 Å². The lowest BCUT2D eigenvalue weighted by molar-refractivity contribution is -0.132. The zero-order valence-electron chi connectivity index (χ0n) is 5.02. The molecule has 2 atom stereocenters. The van der Waals surface area contributed by atoms with Crippen LogP contribution in [0.4, 0.5) is 0 Å². The molecule has 1 rings (SSSR count). The lowest BCUT2D eigenvalue weighted by Crippen LogP contribution is -2.41. The van der Waals surface area contributed by atoms with Crippen LogP contribution in [0.3, 0.4) is 0 Å². The Morgan fingerprint density at radius 1 is 1.80 bits per heavy atom. The molecule has 1 heterocycles. The number of hydrogen-bond donors (Lipinski definition) is 2. The van der Waals surface area contributed by atoms with Gasteiger partial charge in [-0.15, -0.1) is 0 Å². The molecule has 0 aromatic carbocycles. The first-order chi connectivity index (χ1) is 4.75. The Labute approximate surface area is 56.8 Å². The fraction of sp³-hybridized carbons (Fsp3) is 0.400. The van der Waals surface area contributed by atoms with E-state index in [1.807, 2.05) is 0 Å². The van der Waals surface area contributed by atoms with Crippen molar-refractivity contribution in [3.05, 3.63) is 0 Å². The number of carbonyl (C=O) groups excluding carboxylic acids is 2. The second kappa shape index (κ2) is 2.57. The van der Waals surface area contributed by atoms with Gasteiger partial charge in [0.1, 0.15) is 12.2 Å². The highest BCUT2D eigenvalue weighted by Gasteiger charge is 2.27. The fourth-order valence-corrected chi connectivity index (χ4v) is 0.634. The maximum absolute atomic E-state index is 10.6. The van der Waals surface area contributed by atoms with E-state index in [2.05, 4.69) is 10.3 Å². The standard InChI is InChI=1S/C5H6N2O3/c8-1-3-4(9)6-2-7-5(3)10/h1-4,9H,(H,6,7,10). The molecule has 1 amide bonds. The van der Waals surface area contributed by atoms with Gasteiger partial charge >= 0.3 is 0 Å². The minimum atomic E-state index is -1.22. The summed E-state index contributed by atoms with van der Waals surface area (Å²) in [6.45, 7) is 0. The Kier molecular flexibility index (Phi) is 1.77. The minimum absolute atomic E-state index is 0.372. The van der Waals surface area contributed by atoms with Gasteiger partial charge in [-0.2, -0.15) is 0 Å². The van der Waals surface area contributed by atoms with E-state index >= 15 is 0 Å². The number of aliphatic imine (C=N–C) groups is 1. The topological polar surface area (TPSA) is 78.8 Å². The summed E-state index contributed by atoms with van der Waals surface area (Å²) in [5.41, 5.74) is 0. The van der Waals surface area contributed by atoms with Crippen LogP contribution in [-0.2, 0) is 9.59 Å². The van der Waals surface area contributed by atoms with E-state index in [1.54, 1.807) is 0 Å². The Bertz CT molecular complexity index is 189. The van der Waals surface area contributed by atoms with E-state index in [-0.39, 0.29) is 0 Å². The number of hydrogen-bond acceptors (Lipinski definition) is 4. The molecule has 10 heavy (non-hydrogen) atoms. The van der Waals surface area contributed by atoms with Gasteiger partial charge in [-0.3, -0.25) is 4.79 Å². The summed E-state index contributed by atoms with van der Waals surface area (Å²) in [5.74, 6) is -1.57. The maximum Gasteiger partial charge on any atom is 0.240 e. The van der Waals surface area contributed by atoms with Crippen LogP contribution in [0.25, 0.3) is 0 Å². The van der Waals surface area contributed by atoms with Gasteiger partial charge in [0.15, 0.2) is 6.23 Å². The molecule has 0 saturated heterocycles. The van der Waals surface area contributed by atoms with Crippen molar-refractivity contribution in [1.29, 1.82) is 0 Å². The van der Waals surface area contributed by atoms with Crippen molar-refractivity contribution in [1.82, 2.24) is 5.32 Å². The van der Waals surface area contributed by atoms with Gasteiger partial charge < -0.3 is 15.2 Å². The Balaban J connectivity index is 2.77. The van der Waals surface area contributed by atoms with Crippen molar-refractivity contribution in [2.24, 2.45) is 10.9 Å². The third-order valence-electron chi connectivity index (χ3n) is 1.20. The van der Waals surface area contributed by atoms with E-state index in [0.717, 1.165) is 6.34 Å². The number of nitrogens with one attached hydrogen (secondary N) is 1. The van der Waals surface area contributed by atoms with Gasteiger partial charge in [0.25, 0.3) is 0 Å². The highest BCUT2D eigenvalue weighted by Crippen LogP contribution is 2.04. The van der Waals surface area contributed by atoms with Crippen LogP contribution < -0.4 is 5.32 Å². The van der Waals surface area contributed by atoms with Crippen molar-refractivity contribution in [3.8, 4) is 0 Å². The second-order valence-electron chi connectivity index (χ2n) is 1.86. The Morgan fingerprint density at radius 2 is 2.50 bits per heavy atom. The molecule has 5 nitrogen and oxygen atoms in total. The predicted octanol–water partition coefficient (Wildman–Crippen LogP) is -1.72. The number of aliphatic hydroxyl groups is 1. The number of carbonyl (C=O) groups is 2. The Hall–Kier alpha value is -1.23. The number of rotatable bonds is 1. The lowest BCUT2D eigenvalue weighted by Gasteiger charge is -2.15. The summed E-state index contributed by atoms with van der Waals surface area (Å²) in [6.07, 6.45) is 0.231. The molecule has 0 aromatic heterocycles. The van der Waals surface area contributed by atoms with E-state index in [9.17, 15) is 9.59 Å². The molecule has 0 saturated carbocycles. The molecule has 0 fully saturated rings. The number of nitrogens with zero attached hydrogens (tertiary/aromatic N) is 1. The van der Waals surface area contributed by atoms with Gasteiger partial charge in [-0.25, -0.2) is 4.99 Å². The van der Waals surface area contributed by atoms with Gasteiger partial charge in [0.2, 0.25) is 5.91 Å². The predicted molar refractivity (Wildman–Crippen MR) is 32.2 cm³/mol. The summed E-state index contributed by atoms with van der Waals surface area (Å²) in [7, 11) is 0. The minimum Gasteiger partial charge on any atom is -0.370 e. The summed E-state index contributed by atoms with van der Waals surface area (Å²) < 4.78 is 0. The van der Waals surface area contributed by atoms with Crippen LogP contribution in [0.15, 0.2) is 4.99 Å². The highest BCUT2D eigenvalue weighted by atomic mass is 16.3. The first-order valence-corrected chi connectivity index (χ1v) is 2.71. The molecule has 1 aliphatic rings. The van der Waals surface area contributed by atoms with Crippen molar-refractivity contribution < 1.29 is 14.7 Å². The maximum atomic E-state index is 10.6. The van der Waals surface area contributed by atoms with E-state index in [0.29, 0.717) is 6.29 Å². The van der Waals surface area contributed by atoms with Crippen LogP contribution in [-0.4, -0.2) is 29.9 Å². The molecule has 0 radical (unpaired) electrons.